The number of aliphatic hydroxyl groups excluding tert-OH is 1. The van der Waals surface area contributed by atoms with Gasteiger partial charge in [-0.15, -0.1) is 0 Å². The zero-order valence-electron chi connectivity index (χ0n) is 8.20. The summed E-state index contributed by atoms with van der Waals surface area (Å²) in [4.78, 5) is 4.10. The van der Waals surface area contributed by atoms with Crippen molar-refractivity contribution in [1.82, 2.24) is 4.98 Å². The molecule has 0 atom stereocenters. The summed E-state index contributed by atoms with van der Waals surface area (Å²) >= 11 is 3.37. The van der Waals surface area contributed by atoms with Gasteiger partial charge in [0.2, 0.25) is 5.89 Å². The molecule has 0 radical (unpaired) electrons. The van der Waals surface area contributed by atoms with E-state index in [9.17, 15) is 0 Å². The number of hydrogen-bond acceptors (Lipinski definition) is 3. The van der Waals surface area contributed by atoms with E-state index >= 15 is 0 Å². The first-order valence-electron chi connectivity index (χ1n) is 4.54. The van der Waals surface area contributed by atoms with Crippen LogP contribution in [0.4, 0.5) is 0 Å². The van der Waals surface area contributed by atoms with E-state index in [2.05, 4.69) is 20.9 Å². The average molecular weight is 268 g/mol. The van der Waals surface area contributed by atoms with Crippen LogP contribution in [0, 0.1) is 6.92 Å². The number of hydrogen-bond donors (Lipinski definition) is 1. The van der Waals surface area contributed by atoms with Crippen molar-refractivity contribution in [3.8, 4) is 11.3 Å². The van der Waals surface area contributed by atoms with Crippen molar-refractivity contribution < 1.29 is 9.52 Å². The third-order valence-corrected chi connectivity index (χ3v) is 2.61. The highest BCUT2D eigenvalue weighted by molar-refractivity contribution is 9.10. The highest BCUT2D eigenvalue weighted by Crippen LogP contribution is 2.25. The number of oxazole rings is 1. The van der Waals surface area contributed by atoms with Crippen LogP contribution in [0.1, 0.15) is 11.6 Å². The van der Waals surface area contributed by atoms with Crippen molar-refractivity contribution >= 4 is 15.9 Å². The molecule has 1 aromatic heterocycles. The van der Waals surface area contributed by atoms with E-state index in [1.165, 1.54) is 0 Å². The lowest BCUT2D eigenvalue weighted by Crippen LogP contribution is -1.80. The third-order valence-electron chi connectivity index (χ3n) is 2.08. The van der Waals surface area contributed by atoms with E-state index in [-0.39, 0.29) is 6.61 Å². The molecular formula is C11H10BrNO2. The Kier molecular flexibility index (Phi) is 2.88. The standard InChI is InChI=1S/C11H10BrNO2/c1-7-11(15-10(6-14)13-7)8-2-4-9(12)5-3-8/h2-5,14H,6H2,1H3. The van der Waals surface area contributed by atoms with Gasteiger partial charge in [0.15, 0.2) is 5.76 Å². The van der Waals surface area contributed by atoms with Gasteiger partial charge in [0.25, 0.3) is 0 Å². The van der Waals surface area contributed by atoms with Crippen LogP contribution >= 0.6 is 15.9 Å². The Hall–Kier alpha value is -1.13. The molecule has 0 bridgehead atoms. The first-order chi connectivity index (χ1) is 7.20. The van der Waals surface area contributed by atoms with Crippen molar-refractivity contribution in [3.05, 3.63) is 40.3 Å². The molecule has 0 fully saturated rings. The lowest BCUT2D eigenvalue weighted by molar-refractivity contribution is 0.241. The quantitative estimate of drug-likeness (QED) is 0.910. The summed E-state index contributed by atoms with van der Waals surface area (Å²) in [5.74, 6) is 1.07. The van der Waals surface area contributed by atoms with Crippen molar-refractivity contribution in [1.29, 1.82) is 0 Å². The van der Waals surface area contributed by atoms with Gasteiger partial charge in [-0.3, -0.25) is 0 Å². The lowest BCUT2D eigenvalue weighted by Gasteiger charge is -1.97. The van der Waals surface area contributed by atoms with Gasteiger partial charge in [0.05, 0.1) is 5.69 Å². The molecule has 1 aromatic carbocycles. The minimum Gasteiger partial charge on any atom is -0.438 e. The molecule has 0 saturated heterocycles. The number of aromatic nitrogens is 1. The lowest BCUT2D eigenvalue weighted by atomic mass is 10.1. The second-order valence-corrected chi connectivity index (χ2v) is 4.10. The number of halogens is 1. The van der Waals surface area contributed by atoms with Crippen LogP contribution in [-0.4, -0.2) is 10.1 Å². The van der Waals surface area contributed by atoms with Crippen LogP contribution in [0.3, 0.4) is 0 Å². The molecule has 0 aliphatic rings. The summed E-state index contributed by atoms with van der Waals surface area (Å²) < 4.78 is 6.43. The Morgan fingerprint density at radius 1 is 1.33 bits per heavy atom. The summed E-state index contributed by atoms with van der Waals surface area (Å²) in [7, 11) is 0. The summed E-state index contributed by atoms with van der Waals surface area (Å²) in [6, 6.07) is 7.77. The molecule has 2 rings (SSSR count). The number of benzene rings is 1. The maximum Gasteiger partial charge on any atom is 0.220 e. The molecular weight excluding hydrogens is 258 g/mol. The highest BCUT2D eigenvalue weighted by Gasteiger charge is 2.10. The monoisotopic (exact) mass is 267 g/mol. The summed E-state index contributed by atoms with van der Waals surface area (Å²) in [6.07, 6.45) is 0. The van der Waals surface area contributed by atoms with Crippen molar-refractivity contribution in [2.45, 2.75) is 13.5 Å². The van der Waals surface area contributed by atoms with Gasteiger partial charge in [-0.05, 0) is 19.1 Å². The van der Waals surface area contributed by atoms with Crippen LogP contribution in [-0.2, 0) is 6.61 Å². The Labute approximate surface area is 95.9 Å². The van der Waals surface area contributed by atoms with Crippen molar-refractivity contribution in [3.63, 3.8) is 0 Å². The van der Waals surface area contributed by atoms with Crippen LogP contribution in [0.5, 0.6) is 0 Å². The summed E-state index contributed by atoms with van der Waals surface area (Å²) in [5.41, 5.74) is 1.75. The van der Waals surface area contributed by atoms with Crippen molar-refractivity contribution in [2.75, 3.05) is 0 Å². The fourth-order valence-electron chi connectivity index (χ4n) is 1.39. The SMILES string of the molecule is Cc1nc(CO)oc1-c1ccc(Br)cc1. The number of rotatable bonds is 2. The molecule has 78 valence electrons. The molecule has 0 amide bonds. The molecule has 15 heavy (non-hydrogen) atoms. The zero-order valence-corrected chi connectivity index (χ0v) is 9.78. The van der Waals surface area contributed by atoms with E-state index in [0.717, 1.165) is 15.7 Å². The van der Waals surface area contributed by atoms with Gasteiger partial charge in [0.1, 0.15) is 6.61 Å². The molecule has 1 N–H and O–H groups in total. The second kappa shape index (κ2) is 4.16. The summed E-state index contributed by atoms with van der Waals surface area (Å²) in [5, 5.41) is 8.90. The predicted octanol–water partition coefficient (Wildman–Crippen LogP) is 2.90. The largest absolute Gasteiger partial charge is 0.438 e. The molecule has 2 aromatic rings. The highest BCUT2D eigenvalue weighted by atomic mass is 79.9. The molecule has 1 heterocycles. The van der Waals surface area contributed by atoms with Crippen LogP contribution in [0.25, 0.3) is 11.3 Å². The number of nitrogens with zero attached hydrogens (tertiary/aromatic N) is 1. The average Bonchev–Trinajstić information content (AvgIpc) is 2.61. The maximum absolute atomic E-state index is 8.90. The fourth-order valence-corrected chi connectivity index (χ4v) is 1.65. The minimum atomic E-state index is -0.169. The number of aryl methyl sites for hydroxylation is 1. The smallest absolute Gasteiger partial charge is 0.220 e. The van der Waals surface area contributed by atoms with Gasteiger partial charge in [-0.2, -0.15) is 0 Å². The molecule has 3 nitrogen and oxygen atoms in total. The molecule has 4 heteroatoms. The van der Waals surface area contributed by atoms with E-state index < -0.39 is 0 Å². The topological polar surface area (TPSA) is 46.3 Å². The van der Waals surface area contributed by atoms with Crippen LogP contribution in [0.2, 0.25) is 0 Å². The zero-order chi connectivity index (χ0) is 10.8. The van der Waals surface area contributed by atoms with E-state index in [1.807, 2.05) is 31.2 Å². The summed E-state index contributed by atoms with van der Waals surface area (Å²) in [6.45, 7) is 1.69. The first kappa shape index (κ1) is 10.4. The Morgan fingerprint density at radius 2 is 2.00 bits per heavy atom. The predicted molar refractivity (Wildman–Crippen MR) is 60.3 cm³/mol. The van der Waals surface area contributed by atoms with Gasteiger partial charge in [-0.1, -0.05) is 28.1 Å². The maximum atomic E-state index is 8.90. The molecule has 0 spiro atoms. The molecule has 0 saturated carbocycles. The van der Waals surface area contributed by atoms with Crippen molar-refractivity contribution in [2.24, 2.45) is 0 Å². The molecule has 0 unspecified atom stereocenters. The Balaban J connectivity index is 2.44. The van der Waals surface area contributed by atoms with E-state index in [4.69, 9.17) is 9.52 Å². The van der Waals surface area contributed by atoms with Gasteiger partial charge in [-0.25, -0.2) is 4.98 Å². The third kappa shape index (κ3) is 2.11. The van der Waals surface area contributed by atoms with Gasteiger partial charge in [0, 0.05) is 10.0 Å². The van der Waals surface area contributed by atoms with E-state index in [1.54, 1.807) is 0 Å². The first-order valence-corrected chi connectivity index (χ1v) is 5.33. The van der Waals surface area contributed by atoms with Gasteiger partial charge < -0.3 is 9.52 Å². The van der Waals surface area contributed by atoms with E-state index in [0.29, 0.717) is 11.7 Å². The molecule has 0 aliphatic heterocycles. The normalized spacial score (nSPS) is 10.6. The minimum absolute atomic E-state index is 0.169. The van der Waals surface area contributed by atoms with Crippen LogP contribution < -0.4 is 0 Å². The number of aliphatic hydroxyl groups is 1. The van der Waals surface area contributed by atoms with Crippen LogP contribution in [0.15, 0.2) is 33.2 Å². The fraction of sp³-hybridized carbons (Fsp3) is 0.182. The molecule has 0 aliphatic carbocycles. The Morgan fingerprint density at radius 3 is 2.53 bits per heavy atom. The Bertz CT molecular complexity index is 462. The second-order valence-electron chi connectivity index (χ2n) is 3.19. The van der Waals surface area contributed by atoms with Gasteiger partial charge >= 0.3 is 0 Å².